The average molecular weight is 215 g/mol. The fourth-order valence-electron chi connectivity index (χ4n) is 1.26. The molecule has 16 heavy (non-hydrogen) atoms. The number of hydrogen-bond donors (Lipinski definition) is 0. The summed E-state index contributed by atoms with van der Waals surface area (Å²) in [7, 11) is 0. The van der Waals surface area contributed by atoms with E-state index in [2.05, 4.69) is 6.07 Å². The molecule has 1 aromatic carbocycles. The highest BCUT2D eigenvalue weighted by Gasteiger charge is 2.03. The van der Waals surface area contributed by atoms with Gasteiger partial charge in [0.05, 0.1) is 11.0 Å². The molecule has 0 heterocycles. The minimum atomic E-state index is -0.410. The summed E-state index contributed by atoms with van der Waals surface area (Å²) in [5.74, 6) is 0. The topological polar surface area (TPSA) is 66.9 Å². The number of hydrogen-bond acceptors (Lipinski definition) is 3. The van der Waals surface area contributed by atoms with Crippen LogP contribution in [0.3, 0.4) is 0 Å². The summed E-state index contributed by atoms with van der Waals surface area (Å²) in [6, 6.07) is 8.53. The lowest BCUT2D eigenvalue weighted by molar-refractivity contribution is -0.384. The number of benzene rings is 1. The van der Waals surface area contributed by atoms with Gasteiger partial charge in [0.1, 0.15) is 0 Å². The summed E-state index contributed by atoms with van der Waals surface area (Å²) in [5.41, 5.74) is 0.908. The van der Waals surface area contributed by atoms with Crippen LogP contribution in [0.1, 0.15) is 24.8 Å². The molecule has 0 fully saturated rings. The standard InChI is InChI=1S/C12H12N2O2/c13-9-4-2-1-3-6-11-7-5-8-12(10-11)14(15)16/h3,5-8,10H,1-2,4H2/b6-3+/i9-1. The van der Waals surface area contributed by atoms with Crippen LogP contribution in [0.4, 0.5) is 5.69 Å². The maximum atomic E-state index is 10.5. The predicted octanol–water partition coefficient (Wildman–Crippen LogP) is 3.30. The third-order valence-corrected chi connectivity index (χ3v) is 2.05. The van der Waals surface area contributed by atoms with Crippen LogP contribution in [0.5, 0.6) is 0 Å². The Morgan fingerprint density at radius 1 is 1.50 bits per heavy atom. The number of non-ortho nitro benzene ring substituents is 1. The van der Waals surface area contributed by atoms with Crippen LogP contribution in [0.15, 0.2) is 30.3 Å². The molecule has 0 aromatic heterocycles. The van der Waals surface area contributed by atoms with Crippen molar-refractivity contribution in [3.8, 4) is 6.07 Å². The minimum Gasteiger partial charge on any atom is -0.258 e. The SMILES string of the molecule is N#[11C]CCC/C=C/c1cccc([N+](=O)[O-])c1. The molecule has 0 bridgehead atoms. The third kappa shape index (κ3) is 3.93. The van der Waals surface area contributed by atoms with Crippen LogP contribution in [-0.4, -0.2) is 4.92 Å². The molecule has 0 aliphatic heterocycles. The monoisotopic (exact) mass is 215 g/mol. The molecule has 0 aliphatic carbocycles. The molecule has 0 saturated heterocycles. The quantitative estimate of drug-likeness (QED) is 0.430. The van der Waals surface area contributed by atoms with Gasteiger partial charge in [0.15, 0.2) is 0 Å². The lowest BCUT2D eigenvalue weighted by atomic mass is 10.0. The molecule has 0 radical (unpaired) electrons. The van der Waals surface area contributed by atoms with Crippen LogP contribution >= 0.6 is 0 Å². The molecule has 0 saturated carbocycles. The maximum absolute atomic E-state index is 10.5. The fraction of sp³-hybridized carbons (Fsp3) is 0.250. The molecular formula is C12H12N2O2. The van der Waals surface area contributed by atoms with Gasteiger partial charge in [-0.25, -0.2) is 0 Å². The third-order valence-electron chi connectivity index (χ3n) is 2.05. The summed E-state index contributed by atoms with van der Waals surface area (Å²) >= 11 is 0. The van der Waals surface area contributed by atoms with Gasteiger partial charge in [-0.3, -0.25) is 10.1 Å². The first-order valence-corrected chi connectivity index (χ1v) is 5.02. The molecule has 0 N–H and O–H groups in total. The number of nitriles is 1. The van der Waals surface area contributed by atoms with Crippen molar-refractivity contribution in [1.82, 2.24) is 0 Å². The Bertz CT molecular complexity index is 433. The highest BCUT2D eigenvalue weighted by molar-refractivity contribution is 5.53. The van der Waals surface area contributed by atoms with Crippen LogP contribution in [0, 0.1) is 21.4 Å². The Balaban J connectivity index is 2.57. The molecule has 4 nitrogen and oxygen atoms in total. The van der Waals surface area contributed by atoms with Gasteiger partial charge in [-0.2, -0.15) is 5.26 Å². The van der Waals surface area contributed by atoms with E-state index in [1.807, 2.05) is 18.2 Å². The summed E-state index contributed by atoms with van der Waals surface area (Å²) in [6.07, 6.45) is 5.94. The first-order chi connectivity index (χ1) is 7.74. The van der Waals surface area contributed by atoms with Gasteiger partial charge >= 0.3 is 0 Å². The molecule has 82 valence electrons. The Morgan fingerprint density at radius 2 is 2.31 bits per heavy atom. The number of allylic oxidation sites excluding steroid dienone is 1. The molecule has 0 unspecified atom stereocenters. The first-order valence-electron chi connectivity index (χ1n) is 5.02. The van der Waals surface area contributed by atoms with E-state index in [0.29, 0.717) is 6.42 Å². The second-order valence-electron chi connectivity index (χ2n) is 3.30. The van der Waals surface area contributed by atoms with Crippen molar-refractivity contribution in [1.29, 1.82) is 5.26 Å². The molecule has 0 amide bonds. The van der Waals surface area contributed by atoms with E-state index in [0.717, 1.165) is 18.4 Å². The van der Waals surface area contributed by atoms with Crippen LogP contribution in [0.25, 0.3) is 6.08 Å². The zero-order valence-electron chi connectivity index (χ0n) is 8.80. The molecular weight excluding hydrogens is 203 g/mol. The second kappa shape index (κ2) is 6.36. The minimum absolute atomic E-state index is 0.0965. The fourth-order valence-corrected chi connectivity index (χ4v) is 1.26. The number of nitrogens with zero attached hydrogens (tertiary/aromatic N) is 2. The largest absolute Gasteiger partial charge is 0.270 e. The Labute approximate surface area is 94.0 Å². The van der Waals surface area contributed by atoms with Gasteiger partial charge in [0, 0.05) is 18.6 Å². The summed E-state index contributed by atoms with van der Waals surface area (Å²) in [5, 5.41) is 18.8. The van der Waals surface area contributed by atoms with Crippen molar-refractivity contribution in [3.63, 3.8) is 0 Å². The van der Waals surface area contributed by atoms with Crippen molar-refractivity contribution < 1.29 is 4.92 Å². The molecule has 0 aliphatic rings. The zero-order valence-corrected chi connectivity index (χ0v) is 8.80. The van der Waals surface area contributed by atoms with Crippen molar-refractivity contribution >= 4 is 11.8 Å². The molecule has 0 atom stereocenters. The average Bonchev–Trinajstić information content (AvgIpc) is 2.29. The van der Waals surface area contributed by atoms with Crippen molar-refractivity contribution in [2.24, 2.45) is 0 Å². The van der Waals surface area contributed by atoms with Gasteiger partial charge < -0.3 is 0 Å². The van der Waals surface area contributed by atoms with Crippen LogP contribution in [-0.2, 0) is 0 Å². The maximum Gasteiger partial charge on any atom is 0.270 e. The van der Waals surface area contributed by atoms with E-state index in [1.54, 1.807) is 6.07 Å². The lowest BCUT2D eigenvalue weighted by Gasteiger charge is -1.94. The number of nitro benzene ring substituents is 1. The van der Waals surface area contributed by atoms with Gasteiger partial charge in [0.2, 0.25) is 0 Å². The van der Waals surface area contributed by atoms with Gasteiger partial charge in [0.25, 0.3) is 5.69 Å². The molecule has 4 heteroatoms. The Kier molecular flexibility index (Phi) is 4.74. The van der Waals surface area contributed by atoms with Crippen LogP contribution in [0.2, 0.25) is 0 Å². The Hall–Kier alpha value is -2.15. The number of unbranched alkanes of at least 4 members (excludes halogenated alkanes) is 2. The zero-order chi connectivity index (χ0) is 11.8. The van der Waals surface area contributed by atoms with Crippen molar-refractivity contribution in [2.75, 3.05) is 0 Å². The van der Waals surface area contributed by atoms with Gasteiger partial charge in [-0.1, -0.05) is 24.3 Å². The summed E-state index contributed by atoms with van der Waals surface area (Å²) in [6.45, 7) is 0. The Morgan fingerprint density at radius 3 is 3.00 bits per heavy atom. The predicted molar refractivity (Wildman–Crippen MR) is 61.6 cm³/mol. The lowest BCUT2D eigenvalue weighted by Crippen LogP contribution is -1.87. The molecule has 1 rings (SSSR count). The number of nitro groups is 1. The van der Waals surface area contributed by atoms with E-state index in [1.165, 1.54) is 12.1 Å². The van der Waals surface area contributed by atoms with Crippen molar-refractivity contribution in [3.05, 3.63) is 46.0 Å². The smallest absolute Gasteiger partial charge is 0.258 e. The molecule has 1 aromatic rings. The van der Waals surface area contributed by atoms with Gasteiger partial charge in [-0.05, 0) is 18.4 Å². The number of rotatable bonds is 5. The first kappa shape index (κ1) is 11.9. The van der Waals surface area contributed by atoms with Crippen LogP contribution < -0.4 is 0 Å². The van der Waals surface area contributed by atoms with E-state index < -0.39 is 4.92 Å². The summed E-state index contributed by atoms with van der Waals surface area (Å²) in [4.78, 5) is 10.1. The van der Waals surface area contributed by atoms with E-state index in [9.17, 15) is 10.1 Å². The summed E-state index contributed by atoms with van der Waals surface area (Å²) < 4.78 is 0. The normalized spacial score (nSPS) is 10.2. The van der Waals surface area contributed by atoms with E-state index in [4.69, 9.17) is 5.26 Å². The van der Waals surface area contributed by atoms with Crippen molar-refractivity contribution in [2.45, 2.75) is 19.3 Å². The highest BCUT2D eigenvalue weighted by Crippen LogP contribution is 2.14. The molecule has 0 spiro atoms. The highest BCUT2D eigenvalue weighted by atomic mass is 16.6. The second-order valence-corrected chi connectivity index (χ2v) is 3.30. The van der Waals surface area contributed by atoms with Gasteiger partial charge in [-0.15, -0.1) is 0 Å². The van der Waals surface area contributed by atoms with E-state index in [-0.39, 0.29) is 5.69 Å². The van der Waals surface area contributed by atoms with E-state index >= 15 is 0 Å².